The van der Waals surface area contributed by atoms with Gasteiger partial charge in [0.1, 0.15) is 5.60 Å². The van der Waals surface area contributed by atoms with Crippen LogP contribution in [0, 0.1) is 10.1 Å². The fourth-order valence-electron chi connectivity index (χ4n) is 1.26. The van der Waals surface area contributed by atoms with Crippen molar-refractivity contribution in [3.05, 3.63) is 51.7 Å². The molecule has 0 spiro atoms. The van der Waals surface area contributed by atoms with Gasteiger partial charge >= 0.3 is 0 Å². The average molecular weight is 264 g/mol. The quantitative estimate of drug-likeness (QED) is 0.380. The molecule has 0 saturated heterocycles. The van der Waals surface area contributed by atoms with Gasteiger partial charge in [-0.15, -0.1) is 0 Å². The normalized spacial score (nSPS) is 12.3. The van der Waals surface area contributed by atoms with E-state index in [1.165, 1.54) is 37.5 Å². The molecule has 0 radical (unpaired) electrons. The van der Waals surface area contributed by atoms with Gasteiger partial charge in [-0.05, 0) is 26.0 Å². The molecular weight excluding hydrogens is 248 g/mol. The number of nitro benzene ring substituents is 1. The maximum absolute atomic E-state index is 11.9. The highest BCUT2D eigenvalue weighted by molar-refractivity contribution is 6.05. The number of allylic oxidation sites excluding steroid dienone is 1. The lowest BCUT2D eigenvalue weighted by atomic mass is 10.0. The van der Waals surface area contributed by atoms with Gasteiger partial charge in [-0.3, -0.25) is 14.9 Å². The maximum atomic E-state index is 11.9. The molecule has 0 amide bonds. The molecule has 102 valence electrons. The second-order valence-corrected chi connectivity index (χ2v) is 4.48. The maximum Gasteiger partial charge on any atom is 0.269 e. The van der Waals surface area contributed by atoms with Crippen molar-refractivity contribution < 1.29 is 14.5 Å². The van der Waals surface area contributed by atoms with Gasteiger partial charge in [0.15, 0.2) is 5.78 Å². The molecule has 2 N–H and O–H groups in total. The highest BCUT2D eigenvalue weighted by atomic mass is 16.6. The molecule has 0 aliphatic heterocycles. The summed E-state index contributed by atoms with van der Waals surface area (Å²) in [6.45, 7) is 3.48. The highest BCUT2D eigenvalue weighted by Crippen LogP contribution is 2.17. The van der Waals surface area contributed by atoms with E-state index >= 15 is 0 Å². The topological polar surface area (TPSA) is 95.5 Å². The number of nitrogens with two attached hydrogens (primary N) is 1. The Morgan fingerprint density at radius 1 is 1.37 bits per heavy atom. The summed E-state index contributed by atoms with van der Waals surface area (Å²) in [7, 11) is 1.50. The van der Waals surface area contributed by atoms with Crippen LogP contribution in [0.4, 0.5) is 5.69 Å². The molecule has 0 saturated carbocycles. The molecule has 0 fully saturated rings. The van der Waals surface area contributed by atoms with Gasteiger partial charge in [0.2, 0.25) is 0 Å². The Hall–Kier alpha value is -2.21. The molecule has 19 heavy (non-hydrogen) atoms. The fraction of sp³-hybridized carbons (Fsp3) is 0.308. The minimum atomic E-state index is -0.740. The molecule has 1 rings (SSSR count). The van der Waals surface area contributed by atoms with Gasteiger partial charge in [0.05, 0.1) is 4.92 Å². The lowest BCUT2D eigenvalue weighted by Gasteiger charge is -2.23. The summed E-state index contributed by atoms with van der Waals surface area (Å²) in [4.78, 5) is 21.9. The van der Waals surface area contributed by atoms with Crippen LogP contribution in [0.1, 0.15) is 24.2 Å². The summed E-state index contributed by atoms with van der Waals surface area (Å²) in [6.07, 6.45) is 1.27. The van der Waals surface area contributed by atoms with Gasteiger partial charge in [0.25, 0.3) is 5.69 Å². The van der Waals surface area contributed by atoms with E-state index in [1.807, 2.05) is 0 Å². The summed E-state index contributed by atoms with van der Waals surface area (Å²) < 4.78 is 5.15. The number of methoxy groups -OCH3 is 1. The minimum absolute atomic E-state index is 0.0641. The van der Waals surface area contributed by atoms with E-state index in [4.69, 9.17) is 10.5 Å². The molecule has 6 nitrogen and oxygen atoms in total. The zero-order chi connectivity index (χ0) is 14.6. The van der Waals surface area contributed by atoms with Crippen LogP contribution in [0.2, 0.25) is 0 Å². The van der Waals surface area contributed by atoms with E-state index < -0.39 is 10.5 Å². The van der Waals surface area contributed by atoms with Crippen molar-refractivity contribution >= 4 is 11.5 Å². The Labute approximate surface area is 111 Å². The van der Waals surface area contributed by atoms with E-state index in [0.717, 1.165) is 0 Å². The molecule has 0 heterocycles. The number of benzene rings is 1. The van der Waals surface area contributed by atoms with Crippen molar-refractivity contribution in [3.63, 3.8) is 0 Å². The summed E-state index contributed by atoms with van der Waals surface area (Å²) in [6, 6.07) is 5.34. The largest absolute Gasteiger partial charge is 0.400 e. The number of hydrogen-bond acceptors (Lipinski definition) is 5. The predicted molar refractivity (Wildman–Crippen MR) is 70.8 cm³/mol. The van der Waals surface area contributed by atoms with Crippen LogP contribution < -0.4 is 5.73 Å². The molecule has 1 aromatic rings. The first-order valence-electron chi connectivity index (χ1n) is 5.59. The standard InChI is InChI=1S/C13H16N2O4/c1-13(2,19-3)12(14)8-11(16)9-4-6-10(7-5-9)15(17)18/h4-8H,14H2,1-3H3/b12-8-. The predicted octanol–water partition coefficient (Wildman–Crippen LogP) is 2.05. The first-order chi connectivity index (χ1) is 8.77. The Kier molecular flexibility index (Phi) is 4.39. The smallest absolute Gasteiger partial charge is 0.269 e. The number of nitro groups is 1. The van der Waals surface area contributed by atoms with Crippen LogP contribution in [0.15, 0.2) is 36.0 Å². The second-order valence-electron chi connectivity index (χ2n) is 4.48. The van der Waals surface area contributed by atoms with E-state index in [-0.39, 0.29) is 11.5 Å². The van der Waals surface area contributed by atoms with Gasteiger partial charge in [-0.25, -0.2) is 0 Å². The second kappa shape index (κ2) is 5.62. The number of carbonyl (C=O) groups is 1. The van der Waals surface area contributed by atoms with Crippen molar-refractivity contribution in [1.82, 2.24) is 0 Å². The number of rotatable bonds is 5. The first kappa shape index (κ1) is 14.8. The van der Waals surface area contributed by atoms with Crippen LogP contribution >= 0.6 is 0 Å². The number of ether oxygens (including phenoxy) is 1. The Balaban J connectivity index is 2.96. The van der Waals surface area contributed by atoms with Crippen LogP contribution in [0.3, 0.4) is 0 Å². The van der Waals surface area contributed by atoms with Gasteiger partial charge in [-0.1, -0.05) is 0 Å². The van der Waals surface area contributed by atoms with Crippen LogP contribution in [0.5, 0.6) is 0 Å². The zero-order valence-electron chi connectivity index (χ0n) is 11.0. The summed E-state index contributed by atoms with van der Waals surface area (Å²) in [5, 5.41) is 10.5. The Morgan fingerprint density at radius 3 is 2.32 bits per heavy atom. The van der Waals surface area contributed by atoms with Crippen LogP contribution in [-0.4, -0.2) is 23.4 Å². The van der Waals surface area contributed by atoms with Gasteiger partial charge in [-0.2, -0.15) is 0 Å². The molecule has 0 aliphatic carbocycles. The SMILES string of the molecule is COC(C)(C)/C(N)=C/C(=O)c1ccc([N+](=O)[O-])cc1. The molecule has 0 aromatic heterocycles. The van der Waals surface area contributed by atoms with Crippen molar-refractivity contribution in [3.8, 4) is 0 Å². The lowest BCUT2D eigenvalue weighted by molar-refractivity contribution is -0.384. The molecule has 0 atom stereocenters. The molecule has 0 aliphatic rings. The van der Waals surface area contributed by atoms with Crippen molar-refractivity contribution in [1.29, 1.82) is 0 Å². The van der Waals surface area contributed by atoms with Gasteiger partial charge in [0, 0.05) is 36.6 Å². The van der Waals surface area contributed by atoms with E-state index in [0.29, 0.717) is 11.3 Å². The summed E-state index contributed by atoms with van der Waals surface area (Å²) >= 11 is 0. The first-order valence-corrected chi connectivity index (χ1v) is 5.59. The molecule has 0 unspecified atom stereocenters. The molecule has 0 bridgehead atoms. The van der Waals surface area contributed by atoms with E-state index in [2.05, 4.69) is 0 Å². The number of ketones is 1. The van der Waals surface area contributed by atoms with Crippen molar-refractivity contribution in [2.45, 2.75) is 19.4 Å². The third-order valence-corrected chi connectivity index (χ3v) is 2.85. The van der Waals surface area contributed by atoms with Gasteiger partial charge < -0.3 is 10.5 Å². The van der Waals surface area contributed by atoms with Crippen LogP contribution in [-0.2, 0) is 4.74 Å². The fourth-order valence-corrected chi connectivity index (χ4v) is 1.26. The number of non-ortho nitro benzene ring substituents is 1. The number of carbonyl (C=O) groups excluding carboxylic acids is 1. The number of nitrogens with zero attached hydrogens (tertiary/aromatic N) is 1. The van der Waals surface area contributed by atoms with Crippen molar-refractivity contribution in [2.75, 3.05) is 7.11 Å². The number of hydrogen-bond donors (Lipinski definition) is 1. The Morgan fingerprint density at radius 2 is 1.89 bits per heavy atom. The summed E-state index contributed by atoms with van der Waals surface area (Å²) in [5.74, 6) is -0.322. The third-order valence-electron chi connectivity index (χ3n) is 2.85. The third kappa shape index (κ3) is 3.62. The Bertz CT molecular complexity index is 518. The van der Waals surface area contributed by atoms with Crippen molar-refractivity contribution in [2.24, 2.45) is 5.73 Å². The van der Waals surface area contributed by atoms with E-state index in [9.17, 15) is 14.9 Å². The lowest BCUT2D eigenvalue weighted by Crippen LogP contribution is -2.31. The highest BCUT2D eigenvalue weighted by Gasteiger charge is 2.21. The summed E-state index contributed by atoms with van der Waals surface area (Å²) in [5.41, 5.74) is 5.61. The van der Waals surface area contributed by atoms with Crippen LogP contribution in [0.25, 0.3) is 0 Å². The molecular formula is C13H16N2O4. The zero-order valence-corrected chi connectivity index (χ0v) is 11.0. The average Bonchev–Trinajstić information content (AvgIpc) is 2.38. The van der Waals surface area contributed by atoms with E-state index in [1.54, 1.807) is 13.8 Å². The molecule has 1 aromatic carbocycles. The minimum Gasteiger partial charge on any atom is -0.400 e. The molecule has 6 heteroatoms. The monoisotopic (exact) mass is 264 g/mol.